The molecule has 1 unspecified atom stereocenters. The Bertz CT molecular complexity index is 930. The molecular weight excluding hydrogens is 472 g/mol. The van der Waals surface area contributed by atoms with E-state index in [1.54, 1.807) is 12.1 Å². The van der Waals surface area contributed by atoms with Gasteiger partial charge in [-0.05, 0) is 62.3 Å². The second kappa shape index (κ2) is 13.3. The number of carbonyl (C=O) groups excluding carboxylic acids is 2. The lowest BCUT2D eigenvalue weighted by molar-refractivity contribution is -0.146. The summed E-state index contributed by atoms with van der Waals surface area (Å²) in [5.74, 6) is -0.605. The maximum absolute atomic E-state index is 14.5. The van der Waals surface area contributed by atoms with Gasteiger partial charge in [0.25, 0.3) is 5.91 Å². The third-order valence-corrected chi connectivity index (χ3v) is 5.39. The third-order valence-electron chi connectivity index (χ3n) is 5.39. The summed E-state index contributed by atoms with van der Waals surface area (Å²) in [6, 6.07) is 10.9. The van der Waals surface area contributed by atoms with E-state index in [-0.39, 0.29) is 36.9 Å². The summed E-state index contributed by atoms with van der Waals surface area (Å²) in [6.45, 7) is 1.75. The molecule has 7 nitrogen and oxygen atoms in total. The normalized spacial score (nSPS) is 16.1. The van der Waals surface area contributed by atoms with Gasteiger partial charge in [0.1, 0.15) is 23.4 Å². The Labute approximate surface area is 205 Å². The fraction of sp³-hybridized carbons (Fsp3) is 0.391. The summed E-state index contributed by atoms with van der Waals surface area (Å²) in [4.78, 5) is 28.6. The molecular formula is C23H30Cl2FN3O4. The maximum atomic E-state index is 14.5. The van der Waals surface area contributed by atoms with Crippen LogP contribution in [0.25, 0.3) is 0 Å². The number of hydrogen-bond donors (Lipinski definition) is 1. The molecule has 1 atom stereocenters. The fourth-order valence-electron chi connectivity index (χ4n) is 3.61. The van der Waals surface area contributed by atoms with Crippen LogP contribution in [0.3, 0.4) is 0 Å². The average Bonchev–Trinajstić information content (AvgIpc) is 2.97. The quantitative estimate of drug-likeness (QED) is 0.611. The summed E-state index contributed by atoms with van der Waals surface area (Å²) in [6.07, 6.45) is 1.44. The van der Waals surface area contributed by atoms with Crippen LogP contribution in [0.4, 0.5) is 4.39 Å². The van der Waals surface area contributed by atoms with Gasteiger partial charge >= 0.3 is 5.97 Å². The largest absolute Gasteiger partial charge is 0.468 e. The Morgan fingerprint density at radius 2 is 1.76 bits per heavy atom. The van der Waals surface area contributed by atoms with Gasteiger partial charge in [-0.3, -0.25) is 14.5 Å². The molecule has 1 amide bonds. The van der Waals surface area contributed by atoms with Gasteiger partial charge in [0.15, 0.2) is 0 Å². The van der Waals surface area contributed by atoms with E-state index in [9.17, 15) is 14.0 Å². The number of halogens is 3. The van der Waals surface area contributed by atoms with Crippen molar-refractivity contribution in [3.63, 3.8) is 0 Å². The minimum Gasteiger partial charge on any atom is -0.468 e. The highest BCUT2D eigenvalue weighted by molar-refractivity contribution is 5.95. The Morgan fingerprint density at radius 3 is 2.39 bits per heavy atom. The number of benzene rings is 2. The van der Waals surface area contributed by atoms with Gasteiger partial charge in [0.05, 0.1) is 12.7 Å². The van der Waals surface area contributed by atoms with E-state index in [2.05, 4.69) is 0 Å². The fourth-order valence-corrected chi connectivity index (χ4v) is 3.61. The minimum absolute atomic E-state index is 0. The molecule has 33 heavy (non-hydrogen) atoms. The molecule has 1 heterocycles. The molecule has 0 aliphatic carbocycles. The van der Waals surface area contributed by atoms with Gasteiger partial charge in [-0.2, -0.15) is 0 Å². The molecule has 2 aromatic rings. The first-order valence-corrected chi connectivity index (χ1v) is 10.3. The number of likely N-dealkylation sites (N-methyl/N-ethyl adjacent to an activating group) is 1. The van der Waals surface area contributed by atoms with E-state index < -0.39 is 23.7 Å². The van der Waals surface area contributed by atoms with Gasteiger partial charge in [-0.25, -0.2) is 4.39 Å². The molecule has 2 N–H and O–H groups in total. The van der Waals surface area contributed by atoms with Crippen molar-refractivity contribution in [3.8, 4) is 11.5 Å². The van der Waals surface area contributed by atoms with Crippen molar-refractivity contribution in [3.05, 3.63) is 59.4 Å². The topological polar surface area (TPSA) is 85.1 Å². The molecule has 0 radical (unpaired) electrons. The van der Waals surface area contributed by atoms with Gasteiger partial charge in [-0.1, -0.05) is 12.1 Å². The van der Waals surface area contributed by atoms with Crippen molar-refractivity contribution in [1.29, 1.82) is 0 Å². The lowest BCUT2D eigenvalue weighted by atomic mass is 10.1. The van der Waals surface area contributed by atoms with Crippen LogP contribution in [0.15, 0.2) is 42.5 Å². The van der Waals surface area contributed by atoms with E-state index in [1.807, 2.05) is 24.1 Å². The summed E-state index contributed by atoms with van der Waals surface area (Å²) in [5.41, 5.74) is 6.56. The zero-order valence-electron chi connectivity index (χ0n) is 18.7. The first kappa shape index (κ1) is 28.6. The molecule has 1 saturated heterocycles. The molecule has 0 spiro atoms. The predicted molar refractivity (Wildman–Crippen MR) is 129 cm³/mol. The van der Waals surface area contributed by atoms with E-state index in [4.69, 9.17) is 15.2 Å². The highest BCUT2D eigenvalue weighted by atomic mass is 35.5. The Kier molecular flexibility index (Phi) is 11.6. The number of nitrogens with zero attached hydrogens (tertiary/aromatic N) is 2. The Balaban J connectivity index is 0.00000272. The molecule has 182 valence electrons. The molecule has 1 fully saturated rings. The van der Waals surface area contributed by atoms with Crippen LogP contribution in [0.1, 0.15) is 22.3 Å². The zero-order chi connectivity index (χ0) is 22.4. The highest BCUT2D eigenvalue weighted by Crippen LogP contribution is 2.25. The van der Waals surface area contributed by atoms with Crippen molar-refractivity contribution >= 4 is 36.7 Å². The second-order valence-corrected chi connectivity index (χ2v) is 7.55. The van der Waals surface area contributed by atoms with Crippen LogP contribution in [0.5, 0.6) is 11.5 Å². The number of rotatable bonds is 6. The molecule has 3 rings (SSSR count). The molecule has 0 aromatic heterocycles. The molecule has 1 aliphatic heterocycles. The van der Waals surface area contributed by atoms with Gasteiger partial charge in [0.2, 0.25) is 0 Å². The first-order chi connectivity index (χ1) is 14.9. The van der Waals surface area contributed by atoms with E-state index in [1.165, 1.54) is 30.2 Å². The second-order valence-electron chi connectivity index (χ2n) is 7.55. The summed E-state index contributed by atoms with van der Waals surface area (Å²) in [7, 11) is 3.12. The Hall–Kier alpha value is -2.39. The van der Waals surface area contributed by atoms with Crippen LogP contribution >= 0.6 is 24.8 Å². The van der Waals surface area contributed by atoms with E-state index in [0.717, 1.165) is 12.0 Å². The van der Waals surface area contributed by atoms with Crippen LogP contribution < -0.4 is 10.5 Å². The van der Waals surface area contributed by atoms with Gasteiger partial charge in [-0.15, -0.1) is 24.8 Å². The number of ether oxygens (including phenoxy) is 2. The van der Waals surface area contributed by atoms with E-state index >= 15 is 0 Å². The smallest absolute Gasteiger partial charge is 0.324 e. The minimum atomic E-state index is -0.636. The molecule has 10 heteroatoms. The maximum Gasteiger partial charge on any atom is 0.324 e. The van der Waals surface area contributed by atoms with Crippen molar-refractivity contribution in [2.45, 2.75) is 18.9 Å². The number of hydrogen-bond acceptors (Lipinski definition) is 6. The lowest BCUT2D eigenvalue weighted by Gasteiger charge is -2.27. The SMILES string of the molecule is COC(=O)C1CN(C(=O)c2cc(Oc3ccc(CCN)cc3)ccc2F)CCCN1C.Cl.Cl. The number of amides is 1. The first-order valence-electron chi connectivity index (χ1n) is 10.3. The average molecular weight is 502 g/mol. The highest BCUT2D eigenvalue weighted by Gasteiger charge is 2.32. The molecule has 1 aliphatic rings. The van der Waals surface area contributed by atoms with Crippen molar-refractivity contribution in [1.82, 2.24) is 9.80 Å². The summed E-state index contributed by atoms with van der Waals surface area (Å²) >= 11 is 0. The summed E-state index contributed by atoms with van der Waals surface area (Å²) in [5, 5.41) is 0. The van der Waals surface area contributed by atoms with E-state index in [0.29, 0.717) is 37.6 Å². The van der Waals surface area contributed by atoms with Gasteiger partial charge in [0, 0.05) is 19.6 Å². The number of methoxy groups -OCH3 is 1. The monoisotopic (exact) mass is 501 g/mol. The van der Waals surface area contributed by atoms with Crippen LogP contribution in [-0.2, 0) is 16.0 Å². The number of esters is 1. The molecule has 0 bridgehead atoms. The third kappa shape index (κ3) is 7.30. The predicted octanol–water partition coefficient (Wildman–Crippen LogP) is 3.28. The van der Waals surface area contributed by atoms with Gasteiger partial charge < -0.3 is 20.1 Å². The Morgan fingerprint density at radius 1 is 1.09 bits per heavy atom. The van der Waals surface area contributed by atoms with Crippen molar-refractivity contribution in [2.24, 2.45) is 5.73 Å². The number of carbonyl (C=O) groups is 2. The van der Waals surface area contributed by atoms with Crippen molar-refractivity contribution in [2.75, 3.05) is 40.3 Å². The van der Waals surface area contributed by atoms with Crippen molar-refractivity contribution < 1.29 is 23.5 Å². The summed E-state index contributed by atoms with van der Waals surface area (Å²) < 4.78 is 25.2. The van der Waals surface area contributed by atoms with Crippen LogP contribution in [-0.4, -0.2) is 68.1 Å². The number of nitrogens with two attached hydrogens (primary N) is 1. The standard InChI is InChI=1S/C23H28FN3O4.2ClH/c1-26-12-3-13-27(15-21(26)23(29)30-2)22(28)19-14-18(8-9-20(19)24)31-17-6-4-16(5-7-17)10-11-25;;/h4-9,14,21H,3,10-13,15,25H2,1-2H3;2*1H. The zero-order valence-corrected chi connectivity index (χ0v) is 20.3. The molecule has 0 saturated carbocycles. The van der Waals surface area contributed by atoms with Crippen LogP contribution in [0.2, 0.25) is 0 Å². The lowest BCUT2D eigenvalue weighted by Crippen LogP contribution is -2.46. The van der Waals surface area contributed by atoms with Crippen LogP contribution in [0, 0.1) is 5.82 Å². The molecule has 2 aromatic carbocycles.